The second-order valence-corrected chi connectivity index (χ2v) is 26.9. The molecule has 0 radical (unpaired) electrons. The van der Waals surface area contributed by atoms with Gasteiger partial charge in [-0.25, -0.2) is 8.42 Å². The summed E-state index contributed by atoms with van der Waals surface area (Å²) < 4.78 is 50.2. The third kappa shape index (κ3) is 10.5. The third-order valence-electron chi connectivity index (χ3n) is 12.1. The molecule has 64 heavy (non-hydrogen) atoms. The molecule has 6 rings (SSSR count). The molecular weight excluding hydrogens is 828 g/mol. The zero-order valence-electron chi connectivity index (χ0n) is 42.1. The van der Waals surface area contributed by atoms with Crippen molar-refractivity contribution in [3.8, 4) is 17.2 Å². The second kappa shape index (κ2) is 16.8. The maximum Gasteiger partial charge on any atom is 0.530 e. The molecule has 6 aromatic carbocycles. The fourth-order valence-corrected chi connectivity index (χ4v) is 10.6. The van der Waals surface area contributed by atoms with Crippen LogP contribution in [-0.2, 0) is 42.3 Å². The highest BCUT2D eigenvalue weighted by Crippen LogP contribution is 2.51. The number of aryl methyl sites for hydroxylation is 1. The third-order valence-corrected chi connectivity index (χ3v) is 14.9. The van der Waals surface area contributed by atoms with Gasteiger partial charge in [0.1, 0.15) is 22.1 Å². The number of hydrogen-bond acceptors (Lipinski definition) is 5. The predicted molar refractivity (Wildman–Crippen MR) is 272 cm³/mol. The predicted octanol–water partition coefficient (Wildman–Crippen LogP) is 16.7. The average molecular weight is 901 g/mol. The molecule has 0 spiro atoms. The van der Waals surface area contributed by atoms with Gasteiger partial charge in [-0.2, -0.15) is 0 Å². The minimum Gasteiger partial charge on any atom is -0.408 e. The van der Waals surface area contributed by atoms with E-state index in [9.17, 15) is 8.42 Å². The van der Waals surface area contributed by atoms with Gasteiger partial charge >= 0.3 is 8.60 Å². The molecule has 0 aromatic heterocycles. The Morgan fingerprint density at radius 3 is 1.16 bits per heavy atom. The smallest absolute Gasteiger partial charge is 0.408 e. The van der Waals surface area contributed by atoms with Gasteiger partial charge in [0.2, 0.25) is 9.84 Å². The van der Waals surface area contributed by atoms with Crippen molar-refractivity contribution >= 4 is 40.0 Å². The highest BCUT2D eigenvalue weighted by atomic mass is 32.2. The number of para-hydroxylation sites is 1. The quantitative estimate of drug-likeness (QED) is 0.142. The van der Waals surface area contributed by atoms with Crippen LogP contribution in [0.2, 0.25) is 0 Å². The van der Waals surface area contributed by atoms with E-state index in [-0.39, 0.29) is 48.0 Å². The summed E-state index contributed by atoms with van der Waals surface area (Å²) in [6.07, 6.45) is 0. The molecule has 342 valence electrons. The molecule has 0 aliphatic heterocycles. The Hall–Kier alpha value is -4.38. The Balaban J connectivity index is 1.64. The lowest BCUT2D eigenvalue weighted by Crippen LogP contribution is -2.19. The van der Waals surface area contributed by atoms with E-state index in [1.807, 2.05) is 19.1 Å². The lowest BCUT2D eigenvalue weighted by atomic mass is 9.76. The second-order valence-electron chi connectivity index (χ2n) is 23.9. The van der Waals surface area contributed by atoms with E-state index in [2.05, 4.69) is 173 Å². The zero-order chi connectivity index (χ0) is 47.7. The maximum absolute atomic E-state index is 14.4. The van der Waals surface area contributed by atoms with Crippen molar-refractivity contribution in [2.75, 3.05) is 0 Å². The van der Waals surface area contributed by atoms with Crippen molar-refractivity contribution < 1.29 is 22.0 Å². The van der Waals surface area contributed by atoms with Crippen LogP contribution in [0.1, 0.15) is 164 Å². The van der Waals surface area contributed by atoms with Crippen molar-refractivity contribution in [3.05, 3.63) is 136 Å². The zero-order valence-corrected chi connectivity index (χ0v) is 43.8. The summed E-state index contributed by atoms with van der Waals surface area (Å²) in [4.78, 5) is 0.222. The molecule has 0 aliphatic carbocycles. The standard InChI is InChI=1S/C57H73O5PS/c1-36-24-26-41(27-25-36)64(58,59)51-23-21-20-22-48(51)60-63(61-49-34-42-37(30-46(49)56(14,15)16)28-39(52(2,3)4)32-44(42)54(8,9)10)62-50-35-43-38(31-47(50)57(17,18)19)29-40(53(5,6)7)33-45(43)55(11,12)13/h20-35H,1-19H3. The van der Waals surface area contributed by atoms with Gasteiger partial charge in [0.15, 0.2) is 0 Å². The largest absolute Gasteiger partial charge is 0.530 e. The summed E-state index contributed by atoms with van der Waals surface area (Å²) in [6.45, 7) is 42.1. The normalized spacial score (nSPS) is 13.5. The molecule has 6 aromatic rings. The van der Waals surface area contributed by atoms with Crippen LogP contribution in [0.3, 0.4) is 0 Å². The van der Waals surface area contributed by atoms with Gasteiger partial charge in [-0.3, -0.25) is 0 Å². The SMILES string of the molecule is Cc1ccc(S(=O)(=O)c2ccccc2OP(Oc2cc3c(C(C)(C)C)cc(C(C)(C)C)cc3cc2C(C)(C)C)Oc2cc3c(C(C)(C)C)cc(C(C)(C)C)cc3cc2C(C)(C)C)cc1. The molecule has 0 atom stereocenters. The number of rotatable bonds is 8. The van der Waals surface area contributed by atoms with Crippen LogP contribution in [-0.4, -0.2) is 8.42 Å². The van der Waals surface area contributed by atoms with Crippen molar-refractivity contribution in [2.24, 2.45) is 0 Å². The lowest BCUT2D eigenvalue weighted by Gasteiger charge is -2.31. The van der Waals surface area contributed by atoms with Gasteiger partial charge in [0.05, 0.1) is 4.90 Å². The molecule has 0 saturated carbocycles. The first-order chi connectivity index (χ1) is 29.2. The Labute approximate surface area is 387 Å². The Morgan fingerprint density at radius 2 is 0.781 bits per heavy atom. The van der Waals surface area contributed by atoms with Gasteiger partial charge in [-0.15, -0.1) is 0 Å². The van der Waals surface area contributed by atoms with Crippen LogP contribution in [0.5, 0.6) is 17.2 Å². The Morgan fingerprint density at radius 1 is 0.406 bits per heavy atom. The maximum atomic E-state index is 14.4. The summed E-state index contributed by atoms with van der Waals surface area (Å²) in [5, 5.41) is 4.46. The van der Waals surface area contributed by atoms with E-state index in [0.717, 1.165) is 38.2 Å². The summed E-state index contributed by atoms with van der Waals surface area (Å²) in [7, 11) is -6.35. The topological polar surface area (TPSA) is 61.8 Å². The summed E-state index contributed by atoms with van der Waals surface area (Å²) in [6, 6.07) is 31.8. The van der Waals surface area contributed by atoms with E-state index < -0.39 is 18.4 Å². The molecule has 0 unspecified atom stereocenters. The van der Waals surface area contributed by atoms with E-state index in [4.69, 9.17) is 13.6 Å². The molecule has 0 saturated heterocycles. The van der Waals surface area contributed by atoms with E-state index in [0.29, 0.717) is 11.5 Å². The summed E-state index contributed by atoms with van der Waals surface area (Å²) in [5.41, 5.74) is 6.78. The molecule has 0 N–H and O–H groups in total. The van der Waals surface area contributed by atoms with Crippen molar-refractivity contribution in [1.82, 2.24) is 0 Å². The van der Waals surface area contributed by atoms with Gasteiger partial charge in [0, 0.05) is 11.1 Å². The monoisotopic (exact) mass is 900 g/mol. The number of sulfone groups is 1. The highest BCUT2D eigenvalue weighted by molar-refractivity contribution is 7.91. The van der Waals surface area contributed by atoms with Crippen LogP contribution in [0.15, 0.2) is 107 Å². The molecule has 0 bridgehead atoms. The fourth-order valence-electron chi connectivity index (χ4n) is 8.10. The summed E-state index contributed by atoms with van der Waals surface area (Å²) >= 11 is 0. The van der Waals surface area contributed by atoms with Crippen LogP contribution in [0, 0.1) is 6.92 Å². The van der Waals surface area contributed by atoms with Gasteiger partial charge in [-0.05, 0) is 132 Å². The van der Waals surface area contributed by atoms with Crippen LogP contribution >= 0.6 is 8.60 Å². The van der Waals surface area contributed by atoms with E-state index in [1.165, 1.54) is 22.3 Å². The van der Waals surface area contributed by atoms with Crippen LogP contribution < -0.4 is 13.6 Å². The highest BCUT2D eigenvalue weighted by Gasteiger charge is 2.34. The molecule has 5 nitrogen and oxygen atoms in total. The van der Waals surface area contributed by atoms with E-state index >= 15 is 0 Å². The molecular formula is C57H73O5PS. The number of fused-ring (bicyclic) bond motifs is 2. The van der Waals surface area contributed by atoms with Crippen LogP contribution in [0.4, 0.5) is 0 Å². The molecule has 7 heteroatoms. The molecule has 0 amide bonds. The average Bonchev–Trinajstić information content (AvgIpc) is 3.14. The van der Waals surface area contributed by atoms with Gasteiger partial charge < -0.3 is 13.6 Å². The lowest BCUT2D eigenvalue weighted by molar-refractivity contribution is 0.374. The molecule has 0 aliphatic rings. The first-order valence-corrected chi connectivity index (χ1v) is 25.2. The minimum atomic E-state index is -4.00. The first kappa shape index (κ1) is 49.1. The fraction of sp³-hybridized carbons (Fsp3) is 0.439. The Kier molecular flexibility index (Phi) is 12.9. The Bertz CT molecular complexity index is 2680. The van der Waals surface area contributed by atoms with Crippen molar-refractivity contribution in [3.63, 3.8) is 0 Å². The minimum absolute atomic E-state index is 0.0390. The van der Waals surface area contributed by atoms with Crippen molar-refractivity contribution in [2.45, 2.75) is 174 Å². The van der Waals surface area contributed by atoms with Gasteiger partial charge in [-0.1, -0.05) is 179 Å². The van der Waals surface area contributed by atoms with Crippen LogP contribution in [0.25, 0.3) is 21.5 Å². The van der Waals surface area contributed by atoms with E-state index in [1.54, 1.807) is 36.4 Å². The molecule has 0 fully saturated rings. The van der Waals surface area contributed by atoms with Crippen molar-refractivity contribution in [1.29, 1.82) is 0 Å². The number of hydrogen-bond donors (Lipinski definition) is 0. The first-order valence-electron chi connectivity index (χ1n) is 22.7. The molecule has 0 heterocycles. The summed E-state index contributed by atoms with van der Waals surface area (Å²) in [5.74, 6) is 1.41. The van der Waals surface area contributed by atoms with Gasteiger partial charge in [0.25, 0.3) is 0 Å². The number of benzene rings is 6.